The van der Waals surface area contributed by atoms with Gasteiger partial charge in [-0.1, -0.05) is 30.3 Å². The molecule has 2 rings (SSSR count). The molecule has 0 spiro atoms. The van der Waals surface area contributed by atoms with Gasteiger partial charge in [0.2, 0.25) is 5.91 Å². The summed E-state index contributed by atoms with van der Waals surface area (Å²) >= 11 is 5.54. The SMILES string of the molecule is O=C(CCl)NC(Cc1ccccc1)c1cc(O)cc(O)c1. The van der Waals surface area contributed by atoms with Crippen molar-refractivity contribution < 1.29 is 15.0 Å². The van der Waals surface area contributed by atoms with E-state index in [0.29, 0.717) is 12.0 Å². The first-order valence-electron chi connectivity index (χ1n) is 6.50. The Morgan fingerprint density at radius 3 is 2.29 bits per heavy atom. The Kier molecular flexibility index (Phi) is 5.06. The molecule has 0 bridgehead atoms. The average Bonchev–Trinajstić information content (AvgIpc) is 2.46. The van der Waals surface area contributed by atoms with Crippen molar-refractivity contribution in [1.29, 1.82) is 0 Å². The number of amides is 1. The molecule has 2 aromatic rings. The van der Waals surface area contributed by atoms with Crippen LogP contribution in [0.2, 0.25) is 0 Å². The van der Waals surface area contributed by atoms with Crippen molar-refractivity contribution in [3.05, 3.63) is 59.7 Å². The van der Waals surface area contributed by atoms with E-state index < -0.39 is 0 Å². The fourth-order valence-corrected chi connectivity index (χ4v) is 2.23. The number of hydrogen-bond acceptors (Lipinski definition) is 3. The van der Waals surface area contributed by atoms with Crippen molar-refractivity contribution in [2.24, 2.45) is 0 Å². The number of carbonyl (C=O) groups is 1. The molecule has 1 amide bonds. The lowest BCUT2D eigenvalue weighted by Crippen LogP contribution is -2.30. The number of phenols is 2. The smallest absolute Gasteiger partial charge is 0.235 e. The van der Waals surface area contributed by atoms with Crippen LogP contribution in [0.15, 0.2) is 48.5 Å². The number of hydrogen-bond donors (Lipinski definition) is 3. The summed E-state index contributed by atoms with van der Waals surface area (Å²) in [5.41, 5.74) is 1.65. The molecule has 0 radical (unpaired) electrons. The monoisotopic (exact) mass is 305 g/mol. The molecule has 4 nitrogen and oxygen atoms in total. The van der Waals surface area contributed by atoms with Crippen LogP contribution in [0.25, 0.3) is 0 Å². The van der Waals surface area contributed by atoms with E-state index in [9.17, 15) is 15.0 Å². The molecular weight excluding hydrogens is 290 g/mol. The predicted octanol–water partition coefficient (Wildman–Crippen LogP) is 2.74. The molecule has 1 atom stereocenters. The maximum absolute atomic E-state index is 11.6. The summed E-state index contributed by atoms with van der Waals surface area (Å²) in [6, 6.07) is 13.5. The van der Waals surface area contributed by atoms with Gasteiger partial charge in [0.15, 0.2) is 0 Å². The summed E-state index contributed by atoms with van der Waals surface area (Å²) in [5, 5.41) is 22.0. The summed E-state index contributed by atoms with van der Waals surface area (Å²) in [6.07, 6.45) is 0.534. The topological polar surface area (TPSA) is 69.6 Å². The minimum absolute atomic E-state index is 0.0526. The molecule has 3 N–H and O–H groups in total. The van der Waals surface area contributed by atoms with Crippen LogP contribution < -0.4 is 5.32 Å². The Labute approximate surface area is 128 Å². The number of carbonyl (C=O) groups excluding carboxylic acids is 1. The van der Waals surface area contributed by atoms with Crippen LogP contribution in [0.4, 0.5) is 0 Å². The number of alkyl halides is 1. The Bertz CT molecular complexity index is 596. The van der Waals surface area contributed by atoms with E-state index in [-0.39, 0.29) is 29.3 Å². The molecular formula is C16H16ClNO3. The molecule has 0 saturated heterocycles. The quantitative estimate of drug-likeness (QED) is 0.744. The van der Waals surface area contributed by atoms with Crippen LogP contribution in [0.1, 0.15) is 17.2 Å². The predicted molar refractivity (Wildman–Crippen MR) is 81.5 cm³/mol. The second-order valence-corrected chi connectivity index (χ2v) is 4.99. The van der Waals surface area contributed by atoms with Crippen molar-refractivity contribution in [1.82, 2.24) is 5.32 Å². The van der Waals surface area contributed by atoms with Gasteiger partial charge >= 0.3 is 0 Å². The number of nitrogens with one attached hydrogen (secondary N) is 1. The molecule has 0 heterocycles. The normalized spacial score (nSPS) is 11.9. The first kappa shape index (κ1) is 15.2. The third-order valence-corrected chi connectivity index (χ3v) is 3.31. The van der Waals surface area contributed by atoms with Gasteiger partial charge in [-0.05, 0) is 29.7 Å². The standard InChI is InChI=1S/C16H16ClNO3/c17-10-16(21)18-15(6-11-4-2-1-3-5-11)12-7-13(19)9-14(20)8-12/h1-5,7-9,15,19-20H,6,10H2,(H,18,21). The molecule has 0 saturated carbocycles. The number of aromatic hydroxyl groups is 2. The maximum Gasteiger partial charge on any atom is 0.235 e. The van der Waals surface area contributed by atoms with Crippen LogP contribution in [0.5, 0.6) is 11.5 Å². The summed E-state index contributed by atoms with van der Waals surface area (Å²) in [4.78, 5) is 11.6. The highest BCUT2D eigenvalue weighted by Crippen LogP contribution is 2.27. The van der Waals surface area contributed by atoms with Crippen LogP contribution in [-0.2, 0) is 11.2 Å². The largest absolute Gasteiger partial charge is 0.508 e. The van der Waals surface area contributed by atoms with E-state index in [1.165, 1.54) is 18.2 Å². The highest BCUT2D eigenvalue weighted by molar-refractivity contribution is 6.27. The van der Waals surface area contributed by atoms with Gasteiger partial charge in [-0.2, -0.15) is 0 Å². The van der Waals surface area contributed by atoms with E-state index in [1.54, 1.807) is 0 Å². The van der Waals surface area contributed by atoms with Crippen LogP contribution in [0, 0.1) is 0 Å². The van der Waals surface area contributed by atoms with E-state index in [2.05, 4.69) is 5.32 Å². The third-order valence-electron chi connectivity index (χ3n) is 3.07. The lowest BCUT2D eigenvalue weighted by Gasteiger charge is -2.19. The zero-order valence-electron chi connectivity index (χ0n) is 11.3. The van der Waals surface area contributed by atoms with Gasteiger partial charge in [0, 0.05) is 6.07 Å². The van der Waals surface area contributed by atoms with Crippen molar-refractivity contribution in [3.63, 3.8) is 0 Å². The summed E-state index contributed by atoms with van der Waals surface area (Å²) in [6.45, 7) is 0. The van der Waals surface area contributed by atoms with Crippen LogP contribution in [0.3, 0.4) is 0 Å². The van der Waals surface area contributed by atoms with Gasteiger partial charge in [0.05, 0.1) is 6.04 Å². The Hall–Kier alpha value is -2.20. The van der Waals surface area contributed by atoms with E-state index in [0.717, 1.165) is 5.56 Å². The average molecular weight is 306 g/mol. The molecule has 21 heavy (non-hydrogen) atoms. The molecule has 0 aliphatic rings. The first-order chi connectivity index (χ1) is 10.1. The summed E-state index contributed by atoms with van der Waals surface area (Å²) in [7, 11) is 0. The van der Waals surface area contributed by atoms with Crippen molar-refractivity contribution >= 4 is 17.5 Å². The zero-order valence-corrected chi connectivity index (χ0v) is 12.0. The molecule has 1 unspecified atom stereocenters. The van der Waals surface area contributed by atoms with Gasteiger partial charge in [-0.25, -0.2) is 0 Å². The molecule has 2 aromatic carbocycles. The minimum atomic E-state index is -0.378. The maximum atomic E-state index is 11.6. The summed E-state index contributed by atoms with van der Waals surface area (Å²) in [5.74, 6) is -0.553. The van der Waals surface area contributed by atoms with Crippen molar-refractivity contribution in [2.45, 2.75) is 12.5 Å². The van der Waals surface area contributed by atoms with Gasteiger partial charge in [0.1, 0.15) is 17.4 Å². The second-order valence-electron chi connectivity index (χ2n) is 4.73. The van der Waals surface area contributed by atoms with E-state index >= 15 is 0 Å². The van der Waals surface area contributed by atoms with E-state index in [1.807, 2.05) is 30.3 Å². The number of halogens is 1. The van der Waals surface area contributed by atoms with Gasteiger partial charge < -0.3 is 15.5 Å². The Morgan fingerprint density at radius 2 is 1.71 bits per heavy atom. The van der Waals surface area contributed by atoms with Gasteiger partial charge in [-0.3, -0.25) is 4.79 Å². The fourth-order valence-electron chi connectivity index (χ4n) is 2.15. The number of benzene rings is 2. The van der Waals surface area contributed by atoms with Crippen LogP contribution >= 0.6 is 11.6 Å². The van der Waals surface area contributed by atoms with Crippen molar-refractivity contribution in [3.8, 4) is 11.5 Å². The molecule has 5 heteroatoms. The second kappa shape index (κ2) is 6.99. The fraction of sp³-hybridized carbons (Fsp3) is 0.188. The van der Waals surface area contributed by atoms with Crippen LogP contribution in [-0.4, -0.2) is 22.0 Å². The van der Waals surface area contributed by atoms with Gasteiger partial charge in [-0.15, -0.1) is 11.6 Å². The van der Waals surface area contributed by atoms with Gasteiger partial charge in [0.25, 0.3) is 0 Å². The highest BCUT2D eigenvalue weighted by Gasteiger charge is 2.16. The molecule has 0 aliphatic carbocycles. The third kappa shape index (κ3) is 4.39. The molecule has 0 fully saturated rings. The Morgan fingerprint density at radius 1 is 1.10 bits per heavy atom. The number of rotatable bonds is 5. The van der Waals surface area contributed by atoms with Crippen molar-refractivity contribution in [2.75, 3.05) is 5.88 Å². The first-order valence-corrected chi connectivity index (χ1v) is 7.04. The summed E-state index contributed by atoms with van der Waals surface area (Å²) < 4.78 is 0. The lowest BCUT2D eigenvalue weighted by atomic mass is 9.98. The highest BCUT2D eigenvalue weighted by atomic mass is 35.5. The molecule has 110 valence electrons. The lowest BCUT2D eigenvalue weighted by molar-refractivity contribution is -0.119. The molecule has 0 aromatic heterocycles. The zero-order chi connectivity index (χ0) is 15.2. The molecule has 0 aliphatic heterocycles. The van der Waals surface area contributed by atoms with E-state index in [4.69, 9.17) is 11.6 Å². The minimum Gasteiger partial charge on any atom is -0.508 e. The number of phenolic OH excluding ortho intramolecular Hbond substituents is 2. The Balaban J connectivity index is 2.28.